The van der Waals surface area contributed by atoms with Crippen LogP contribution in [0.15, 0.2) is 40.9 Å². The Hall–Kier alpha value is -1.13. The summed E-state index contributed by atoms with van der Waals surface area (Å²) in [4.78, 5) is 0. The topological polar surface area (TPSA) is 12.0 Å². The summed E-state index contributed by atoms with van der Waals surface area (Å²) in [6.07, 6.45) is 0. The molecule has 0 spiro atoms. The van der Waals surface area contributed by atoms with Crippen LogP contribution in [0.3, 0.4) is 0 Å². The average molecular weight is 347 g/mol. The molecule has 0 saturated heterocycles. The van der Waals surface area contributed by atoms with Crippen LogP contribution in [-0.2, 0) is 0 Å². The fourth-order valence-electron chi connectivity index (χ4n) is 1.75. The molecule has 0 bridgehead atoms. The standard InChI is InChI=1S/C14H11BrClF2N/c1-8(9-4-11(17)7-12(18)5-9)19-14-3-2-10(16)6-13(14)15/h2-8,19H,1H3. The highest BCUT2D eigenvalue weighted by Gasteiger charge is 2.10. The van der Waals surface area contributed by atoms with Gasteiger partial charge in [0, 0.05) is 27.3 Å². The molecule has 5 heteroatoms. The quantitative estimate of drug-likeness (QED) is 0.768. The zero-order chi connectivity index (χ0) is 14.0. The van der Waals surface area contributed by atoms with E-state index >= 15 is 0 Å². The van der Waals surface area contributed by atoms with Crippen LogP contribution in [0.2, 0.25) is 5.02 Å². The van der Waals surface area contributed by atoms with E-state index in [-0.39, 0.29) is 6.04 Å². The summed E-state index contributed by atoms with van der Waals surface area (Å²) < 4.78 is 27.1. The third-order valence-corrected chi connectivity index (χ3v) is 3.58. The second-order valence-corrected chi connectivity index (χ2v) is 5.48. The lowest BCUT2D eigenvalue weighted by Crippen LogP contribution is -2.07. The maximum absolute atomic E-state index is 13.2. The number of anilines is 1. The van der Waals surface area contributed by atoms with E-state index in [4.69, 9.17) is 11.6 Å². The summed E-state index contributed by atoms with van der Waals surface area (Å²) in [6, 6.07) is 8.54. The van der Waals surface area contributed by atoms with Crippen molar-refractivity contribution in [2.24, 2.45) is 0 Å². The zero-order valence-electron chi connectivity index (χ0n) is 10.1. The Morgan fingerprint density at radius 2 is 1.74 bits per heavy atom. The second-order valence-electron chi connectivity index (χ2n) is 4.19. The van der Waals surface area contributed by atoms with E-state index in [0.29, 0.717) is 10.6 Å². The highest BCUT2D eigenvalue weighted by Crippen LogP contribution is 2.29. The van der Waals surface area contributed by atoms with Crippen molar-refractivity contribution in [3.8, 4) is 0 Å². The van der Waals surface area contributed by atoms with E-state index in [0.717, 1.165) is 16.2 Å². The van der Waals surface area contributed by atoms with Gasteiger partial charge < -0.3 is 5.32 Å². The van der Waals surface area contributed by atoms with Crippen LogP contribution >= 0.6 is 27.5 Å². The molecule has 0 aliphatic rings. The largest absolute Gasteiger partial charge is 0.378 e. The molecular weight excluding hydrogens is 336 g/mol. The van der Waals surface area contributed by atoms with Crippen molar-refractivity contribution in [1.29, 1.82) is 0 Å². The van der Waals surface area contributed by atoms with Crippen LogP contribution in [0.5, 0.6) is 0 Å². The van der Waals surface area contributed by atoms with Gasteiger partial charge in [-0.05, 0) is 58.7 Å². The third-order valence-electron chi connectivity index (χ3n) is 2.69. The number of benzene rings is 2. The van der Waals surface area contributed by atoms with Gasteiger partial charge in [-0.2, -0.15) is 0 Å². The molecule has 2 rings (SSSR count). The molecule has 1 N–H and O–H groups in total. The third kappa shape index (κ3) is 3.67. The Morgan fingerprint density at radius 1 is 1.11 bits per heavy atom. The Balaban J connectivity index is 2.22. The lowest BCUT2D eigenvalue weighted by Gasteiger charge is -2.17. The molecule has 0 heterocycles. The molecule has 1 nitrogen and oxygen atoms in total. The fraction of sp³-hybridized carbons (Fsp3) is 0.143. The van der Waals surface area contributed by atoms with E-state index in [1.165, 1.54) is 12.1 Å². The Labute approximate surface area is 123 Å². The first kappa shape index (κ1) is 14.3. The van der Waals surface area contributed by atoms with Gasteiger partial charge in [-0.25, -0.2) is 8.78 Å². The number of nitrogens with one attached hydrogen (secondary N) is 1. The molecule has 0 radical (unpaired) electrons. The van der Waals surface area contributed by atoms with Gasteiger partial charge in [-0.3, -0.25) is 0 Å². The van der Waals surface area contributed by atoms with E-state index in [1.54, 1.807) is 18.2 Å². The van der Waals surface area contributed by atoms with Crippen LogP contribution in [0.1, 0.15) is 18.5 Å². The van der Waals surface area contributed by atoms with Crippen LogP contribution < -0.4 is 5.32 Å². The van der Waals surface area contributed by atoms with Crippen molar-refractivity contribution in [2.45, 2.75) is 13.0 Å². The van der Waals surface area contributed by atoms with Gasteiger partial charge in [0.25, 0.3) is 0 Å². The fourth-order valence-corrected chi connectivity index (χ4v) is 2.55. The molecule has 2 aromatic carbocycles. The summed E-state index contributed by atoms with van der Waals surface area (Å²) in [7, 11) is 0. The maximum Gasteiger partial charge on any atom is 0.126 e. The number of rotatable bonds is 3. The SMILES string of the molecule is CC(Nc1ccc(Cl)cc1Br)c1cc(F)cc(F)c1. The van der Waals surface area contributed by atoms with Crippen molar-refractivity contribution in [3.05, 3.63) is 63.1 Å². The van der Waals surface area contributed by atoms with Crippen LogP contribution in [-0.4, -0.2) is 0 Å². The molecule has 1 atom stereocenters. The van der Waals surface area contributed by atoms with Gasteiger partial charge in [0.1, 0.15) is 11.6 Å². The lowest BCUT2D eigenvalue weighted by molar-refractivity contribution is 0.577. The molecule has 0 fully saturated rings. The van der Waals surface area contributed by atoms with E-state index in [9.17, 15) is 8.78 Å². The van der Waals surface area contributed by atoms with E-state index in [2.05, 4.69) is 21.2 Å². The minimum Gasteiger partial charge on any atom is -0.378 e. The smallest absolute Gasteiger partial charge is 0.126 e. The van der Waals surface area contributed by atoms with Crippen molar-refractivity contribution >= 4 is 33.2 Å². The number of hydrogen-bond donors (Lipinski definition) is 1. The molecule has 0 aliphatic carbocycles. The molecule has 0 saturated carbocycles. The molecule has 0 aromatic heterocycles. The first-order valence-electron chi connectivity index (χ1n) is 5.63. The Morgan fingerprint density at radius 3 is 2.32 bits per heavy atom. The first-order valence-corrected chi connectivity index (χ1v) is 6.80. The van der Waals surface area contributed by atoms with Crippen LogP contribution in [0, 0.1) is 11.6 Å². The van der Waals surface area contributed by atoms with E-state index in [1.807, 2.05) is 6.92 Å². The molecular formula is C14H11BrClF2N. The zero-order valence-corrected chi connectivity index (χ0v) is 12.4. The average Bonchev–Trinajstić information content (AvgIpc) is 2.31. The predicted octanol–water partition coefficient (Wildman–Crippen LogP) is 5.55. The minimum absolute atomic E-state index is 0.234. The Bertz CT molecular complexity index is 584. The van der Waals surface area contributed by atoms with E-state index < -0.39 is 11.6 Å². The highest BCUT2D eigenvalue weighted by atomic mass is 79.9. The van der Waals surface area contributed by atoms with Crippen LogP contribution in [0.4, 0.5) is 14.5 Å². The van der Waals surface area contributed by atoms with Gasteiger partial charge in [0.2, 0.25) is 0 Å². The minimum atomic E-state index is -0.584. The van der Waals surface area contributed by atoms with Gasteiger partial charge in [-0.15, -0.1) is 0 Å². The summed E-state index contributed by atoms with van der Waals surface area (Å²) in [5, 5.41) is 3.78. The normalized spacial score (nSPS) is 12.3. The summed E-state index contributed by atoms with van der Waals surface area (Å²) in [6.45, 7) is 1.83. The summed E-state index contributed by atoms with van der Waals surface area (Å²) in [5.74, 6) is -1.17. The molecule has 100 valence electrons. The first-order chi connectivity index (χ1) is 8.95. The maximum atomic E-state index is 13.2. The monoisotopic (exact) mass is 345 g/mol. The predicted molar refractivity (Wildman–Crippen MR) is 77.5 cm³/mol. The number of hydrogen-bond acceptors (Lipinski definition) is 1. The molecule has 19 heavy (non-hydrogen) atoms. The van der Waals surface area contributed by atoms with Crippen molar-refractivity contribution in [2.75, 3.05) is 5.32 Å². The van der Waals surface area contributed by atoms with Gasteiger partial charge in [0.15, 0.2) is 0 Å². The number of halogens is 4. The van der Waals surface area contributed by atoms with Gasteiger partial charge >= 0.3 is 0 Å². The highest BCUT2D eigenvalue weighted by molar-refractivity contribution is 9.10. The van der Waals surface area contributed by atoms with Crippen LogP contribution in [0.25, 0.3) is 0 Å². The van der Waals surface area contributed by atoms with Gasteiger partial charge in [-0.1, -0.05) is 11.6 Å². The molecule has 2 aromatic rings. The van der Waals surface area contributed by atoms with Crippen molar-refractivity contribution in [1.82, 2.24) is 0 Å². The summed E-state index contributed by atoms with van der Waals surface area (Å²) in [5.41, 5.74) is 1.35. The second kappa shape index (κ2) is 5.88. The molecule has 1 unspecified atom stereocenters. The summed E-state index contributed by atoms with van der Waals surface area (Å²) >= 11 is 9.24. The molecule has 0 amide bonds. The Kier molecular flexibility index (Phi) is 4.42. The lowest BCUT2D eigenvalue weighted by atomic mass is 10.1. The van der Waals surface area contributed by atoms with Gasteiger partial charge in [0.05, 0.1) is 0 Å². The van der Waals surface area contributed by atoms with Crippen molar-refractivity contribution < 1.29 is 8.78 Å². The molecule has 0 aliphatic heterocycles. The van der Waals surface area contributed by atoms with Crippen molar-refractivity contribution in [3.63, 3.8) is 0 Å².